The quantitative estimate of drug-likeness (QED) is 0.593. The van der Waals surface area contributed by atoms with Gasteiger partial charge in [0.2, 0.25) is 11.8 Å². The minimum absolute atomic E-state index is 0.00188. The molecule has 2 amide bonds. The molecule has 3 N–H and O–H groups in total. The molecule has 1 heterocycles. The van der Waals surface area contributed by atoms with E-state index in [1.54, 1.807) is 0 Å². The van der Waals surface area contributed by atoms with Crippen LogP contribution in [0.1, 0.15) is 26.7 Å². The van der Waals surface area contributed by atoms with Crippen LogP contribution >= 0.6 is 0 Å². The molecule has 0 aliphatic carbocycles. The molecule has 0 atom stereocenters. The highest BCUT2D eigenvalue weighted by molar-refractivity contribution is 5.80. The minimum Gasteiger partial charge on any atom is -0.356 e. The van der Waals surface area contributed by atoms with Crippen LogP contribution in [-0.2, 0) is 9.59 Å². The van der Waals surface area contributed by atoms with Crippen molar-refractivity contribution in [2.75, 3.05) is 45.8 Å². The fraction of sp³-hybridized carbons (Fsp3) is 0.857. The first kappa shape index (κ1) is 16.9. The van der Waals surface area contributed by atoms with Gasteiger partial charge in [0, 0.05) is 32.6 Å². The average molecular weight is 284 g/mol. The Bertz CT molecular complexity index is 300. The zero-order chi connectivity index (χ0) is 14.8. The Morgan fingerprint density at radius 1 is 1.15 bits per heavy atom. The zero-order valence-electron chi connectivity index (χ0n) is 12.7. The van der Waals surface area contributed by atoms with E-state index in [0.29, 0.717) is 32.0 Å². The highest BCUT2D eigenvalue weighted by atomic mass is 16.2. The fourth-order valence-electron chi connectivity index (χ4n) is 2.04. The molecule has 1 aliphatic heterocycles. The Morgan fingerprint density at radius 3 is 2.70 bits per heavy atom. The van der Waals surface area contributed by atoms with Crippen LogP contribution < -0.4 is 16.0 Å². The van der Waals surface area contributed by atoms with Gasteiger partial charge in [0.15, 0.2) is 0 Å². The second-order valence-electron chi connectivity index (χ2n) is 5.68. The van der Waals surface area contributed by atoms with Crippen LogP contribution in [0, 0.1) is 5.92 Å². The second kappa shape index (κ2) is 9.72. The number of hydrogen-bond acceptors (Lipinski definition) is 4. The predicted octanol–water partition coefficient (Wildman–Crippen LogP) is -0.440. The second-order valence-corrected chi connectivity index (χ2v) is 5.68. The lowest BCUT2D eigenvalue weighted by molar-refractivity contribution is -0.123. The average Bonchev–Trinajstić information content (AvgIpc) is 2.65. The lowest BCUT2D eigenvalue weighted by atomic mass is 10.2. The Kier molecular flexibility index (Phi) is 8.22. The molecule has 0 aromatic carbocycles. The van der Waals surface area contributed by atoms with Crippen molar-refractivity contribution in [3.8, 4) is 0 Å². The van der Waals surface area contributed by atoms with E-state index in [1.807, 2.05) is 0 Å². The van der Waals surface area contributed by atoms with E-state index in [-0.39, 0.29) is 11.8 Å². The van der Waals surface area contributed by atoms with Crippen LogP contribution in [0.5, 0.6) is 0 Å². The molecule has 1 saturated heterocycles. The fourth-order valence-corrected chi connectivity index (χ4v) is 2.04. The first-order valence-corrected chi connectivity index (χ1v) is 7.54. The van der Waals surface area contributed by atoms with Crippen LogP contribution in [0.4, 0.5) is 0 Å². The molecule has 116 valence electrons. The monoisotopic (exact) mass is 284 g/mol. The van der Waals surface area contributed by atoms with Crippen molar-refractivity contribution in [3.05, 3.63) is 0 Å². The van der Waals surface area contributed by atoms with Gasteiger partial charge < -0.3 is 16.0 Å². The molecule has 0 bridgehead atoms. The van der Waals surface area contributed by atoms with Crippen LogP contribution in [-0.4, -0.2) is 62.5 Å². The first-order chi connectivity index (χ1) is 9.58. The Hall–Kier alpha value is -1.14. The van der Waals surface area contributed by atoms with Gasteiger partial charge in [-0.1, -0.05) is 13.8 Å². The van der Waals surface area contributed by atoms with Gasteiger partial charge in [-0.3, -0.25) is 14.5 Å². The van der Waals surface area contributed by atoms with E-state index in [1.165, 1.54) is 0 Å². The molecule has 0 aromatic heterocycles. The van der Waals surface area contributed by atoms with Gasteiger partial charge in [0.1, 0.15) is 0 Å². The van der Waals surface area contributed by atoms with Crippen molar-refractivity contribution in [3.63, 3.8) is 0 Å². The maximum absolute atomic E-state index is 11.8. The van der Waals surface area contributed by atoms with Gasteiger partial charge in [-0.25, -0.2) is 0 Å². The van der Waals surface area contributed by atoms with E-state index < -0.39 is 0 Å². The summed E-state index contributed by atoms with van der Waals surface area (Å²) in [6.07, 6.45) is 1.42. The maximum atomic E-state index is 11.8. The molecule has 1 rings (SSSR count). The lowest BCUT2D eigenvalue weighted by Crippen LogP contribution is -2.40. The molecule has 1 fully saturated rings. The van der Waals surface area contributed by atoms with Crippen molar-refractivity contribution < 1.29 is 9.59 Å². The number of carbonyl (C=O) groups is 2. The molecule has 0 radical (unpaired) electrons. The van der Waals surface area contributed by atoms with Crippen molar-refractivity contribution >= 4 is 11.8 Å². The normalized spacial score (nSPS) is 16.8. The smallest absolute Gasteiger partial charge is 0.234 e. The molecule has 0 saturated carbocycles. The summed E-state index contributed by atoms with van der Waals surface area (Å²) in [5, 5.41) is 8.95. The van der Waals surface area contributed by atoms with Crippen molar-refractivity contribution in [2.45, 2.75) is 26.7 Å². The van der Waals surface area contributed by atoms with Crippen LogP contribution in [0.15, 0.2) is 0 Å². The van der Waals surface area contributed by atoms with E-state index in [2.05, 4.69) is 34.7 Å². The van der Waals surface area contributed by atoms with Gasteiger partial charge in [-0.2, -0.15) is 0 Å². The predicted molar refractivity (Wildman–Crippen MR) is 79.4 cm³/mol. The zero-order valence-corrected chi connectivity index (χ0v) is 12.7. The largest absolute Gasteiger partial charge is 0.356 e. The molecule has 0 spiro atoms. The molecule has 6 nitrogen and oxygen atoms in total. The summed E-state index contributed by atoms with van der Waals surface area (Å²) in [7, 11) is 0. The molecule has 1 aliphatic rings. The highest BCUT2D eigenvalue weighted by Crippen LogP contribution is 1.94. The van der Waals surface area contributed by atoms with Gasteiger partial charge in [-0.15, -0.1) is 0 Å². The van der Waals surface area contributed by atoms with Crippen molar-refractivity contribution in [1.82, 2.24) is 20.9 Å². The third-order valence-corrected chi connectivity index (χ3v) is 3.18. The van der Waals surface area contributed by atoms with E-state index in [4.69, 9.17) is 0 Å². The third kappa shape index (κ3) is 8.12. The van der Waals surface area contributed by atoms with E-state index in [9.17, 15) is 9.59 Å². The van der Waals surface area contributed by atoms with Crippen molar-refractivity contribution in [1.29, 1.82) is 0 Å². The maximum Gasteiger partial charge on any atom is 0.234 e. The molecular weight excluding hydrogens is 256 g/mol. The van der Waals surface area contributed by atoms with Crippen LogP contribution in [0.2, 0.25) is 0 Å². The Balaban J connectivity index is 2.08. The Morgan fingerprint density at radius 2 is 1.95 bits per heavy atom. The van der Waals surface area contributed by atoms with E-state index >= 15 is 0 Å². The Labute approximate surface area is 121 Å². The van der Waals surface area contributed by atoms with Crippen molar-refractivity contribution in [2.24, 2.45) is 5.92 Å². The molecular formula is C14H28N4O2. The number of nitrogens with zero attached hydrogens (tertiary/aromatic N) is 1. The van der Waals surface area contributed by atoms with E-state index in [0.717, 1.165) is 32.6 Å². The topological polar surface area (TPSA) is 73.5 Å². The molecule has 0 unspecified atom stereocenters. The van der Waals surface area contributed by atoms with Gasteiger partial charge >= 0.3 is 0 Å². The summed E-state index contributed by atoms with van der Waals surface area (Å²) >= 11 is 0. The summed E-state index contributed by atoms with van der Waals surface area (Å²) in [4.78, 5) is 25.4. The summed E-state index contributed by atoms with van der Waals surface area (Å²) in [6, 6.07) is 0. The number of rotatable bonds is 7. The van der Waals surface area contributed by atoms with Gasteiger partial charge in [-0.05, 0) is 25.4 Å². The SMILES string of the molecule is CC(C)CNC(=O)CCNC(=O)CN1CCCNCC1. The summed E-state index contributed by atoms with van der Waals surface area (Å²) in [6.45, 7) is 9.45. The highest BCUT2D eigenvalue weighted by Gasteiger charge is 2.12. The lowest BCUT2D eigenvalue weighted by Gasteiger charge is -2.18. The number of hydrogen-bond donors (Lipinski definition) is 3. The van der Waals surface area contributed by atoms with Crippen LogP contribution in [0.3, 0.4) is 0 Å². The number of nitrogens with one attached hydrogen (secondary N) is 3. The summed E-state index contributed by atoms with van der Waals surface area (Å²) in [5.74, 6) is 0.451. The summed E-state index contributed by atoms with van der Waals surface area (Å²) in [5.41, 5.74) is 0. The number of carbonyl (C=O) groups excluding carboxylic acids is 2. The molecule has 20 heavy (non-hydrogen) atoms. The summed E-state index contributed by atoms with van der Waals surface area (Å²) < 4.78 is 0. The third-order valence-electron chi connectivity index (χ3n) is 3.18. The first-order valence-electron chi connectivity index (χ1n) is 7.54. The molecule has 6 heteroatoms. The van der Waals surface area contributed by atoms with Crippen LogP contribution in [0.25, 0.3) is 0 Å². The standard InChI is InChI=1S/C14H28N4O2/c1-12(2)10-17-13(19)4-6-16-14(20)11-18-8-3-5-15-7-9-18/h12,15H,3-11H2,1-2H3,(H,16,20)(H,17,19). The number of amides is 2. The van der Waals surface area contributed by atoms with Gasteiger partial charge in [0.25, 0.3) is 0 Å². The van der Waals surface area contributed by atoms with Gasteiger partial charge in [0.05, 0.1) is 6.54 Å². The minimum atomic E-state index is -0.00188. The molecule has 0 aromatic rings.